The summed E-state index contributed by atoms with van der Waals surface area (Å²) in [5, 5.41) is 5.62. The summed E-state index contributed by atoms with van der Waals surface area (Å²) in [6.07, 6.45) is 0.571. The Balaban J connectivity index is 1.24. The van der Waals surface area contributed by atoms with E-state index in [2.05, 4.69) is 10.6 Å². The Kier molecular flexibility index (Phi) is 6.73. The number of benzene rings is 2. The number of amides is 2. The molecule has 0 bridgehead atoms. The fraction of sp³-hybridized carbons (Fsp3) is 0.350. The van der Waals surface area contributed by atoms with E-state index in [1.807, 2.05) is 54.6 Å². The van der Waals surface area contributed by atoms with Crippen LogP contribution in [0.25, 0.3) is 0 Å². The van der Waals surface area contributed by atoms with Gasteiger partial charge in [-0.25, -0.2) is 4.79 Å². The molecule has 3 rings (SSSR count). The third kappa shape index (κ3) is 5.67. The van der Waals surface area contributed by atoms with Crippen molar-refractivity contribution in [2.75, 3.05) is 26.3 Å². The van der Waals surface area contributed by atoms with Crippen molar-refractivity contribution in [1.82, 2.24) is 10.6 Å². The fourth-order valence-corrected chi connectivity index (χ4v) is 2.57. The molecule has 0 spiro atoms. The van der Waals surface area contributed by atoms with E-state index in [-0.39, 0.29) is 12.1 Å². The van der Waals surface area contributed by atoms with Crippen molar-refractivity contribution < 1.29 is 19.0 Å². The highest BCUT2D eigenvalue weighted by Crippen LogP contribution is 2.30. The quantitative estimate of drug-likeness (QED) is 0.714. The summed E-state index contributed by atoms with van der Waals surface area (Å²) < 4.78 is 17.0. The van der Waals surface area contributed by atoms with Gasteiger partial charge in [-0.05, 0) is 24.1 Å². The minimum Gasteiger partial charge on any atom is -0.486 e. The molecule has 6 nitrogen and oxygen atoms in total. The largest absolute Gasteiger partial charge is 0.486 e. The van der Waals surface area contributed by atoms with Crippen LogP contribution in [0.4, 0.5) is 4.79 Å². The molecule has 0 aliphatic carbocycles. The Hall–Kier alpha value is -2.73. The summed E-state index contributed by atoms with van der Waals surface area (Å²) in [5.74, 6) is 1.45. The standard InChI is InChI=1S/C20H24N2O4/c23-20(21-11-6-12-24-14-16-7-2-1-3-8-16)22-13-17-15-25-18-9-4-5-10-19(18)26-17/h1-5,7-10,17H,6,11-15H2,(H2,21,22,23)/t17-/m0/s1. The van der Waals surface area contributed by atoms with Gasteiger partial charge in [0.15, 0.2) is 17.6 Å². The van der Waals surface area contributed by atoms with Crippen LogP contribution < -0.4 is 20.1 Å². The number of carbonyl (C=O) groups is 1. The fourth-order valence-electron chi connectivity index (χ4n) is 2.57. The number of fused-ring (bicyclic) bond motifs is 1. The lowest BCUT2D eigenvalue weighted by Crippen LogP contribution is -2.44. The van der Waals surface area contributed by atoms with Gasteiger partial charge in [-0.3, -0.25) is 0 Å². The van der Waals surface area contributed by atoms with Crippen LogP contribution in [0.3, 0.4) is 0 Å². The number of hydrogen-bond donors (Lipinski definition) is 2. The minimum absolute atomic E-state index is 0.190. The van der Waals surface area contributed by atoms with E-state index in [4.69, 9.17) is 14.2 Å². The van der Waals surface area contributed by atoms with Crippen LogP contribution in [-0.4, -0.2) is 38.4 Å². The van der Waals surface area contributed by atoms with E-state index in [9.17, 15) is 4.79 Å². The van der Waals surface area contributed by atoms with Crippen molar-refractivity contribution in [2.24, 2.45) is 0 Å². The molecule has 2 N–H and O–H groups in total. The summed E-state index contributed by atoms with van der Waals surface area (Å²) in [6, 6.07) is 17.3. The molecule has 0 radical (unpaired) electrons. The van der Waals surface area contributed by atoms with Crippen LogP contribution in [0.2, 0.25) is 0 Å². The highest BCUT2D eigenvalue weighted by atomic mass is 16.6. The zero-order chi connectivity index (χ0) is 18.0. The Morgan fingerprint density at radius 1 is 1.04 bits per heavy atom. The zero-order valence-electron chi connectivity index (χ0n) is 14.6. The molecule has 2 aromatic rings. The number of hydrogen-bond acceptors (Lipinski definition) is 4. The van der Waals surface area contributed by atoms with Crippen molar-refractivity contribution >= 4 is 6.03 Å². The number of urea groups is 1. The second-order valence-electron chi connectivity index (χ2n) is 6.03. The van der Waals surface area contributed by atoms with E-state index in [0.717, 1.165) is 17.7 Å². The SMILES string of the molecule is O=C(NCCCOCc1ccccc1)NC[C@H]1COc2ccccc2O1. The monoisotopic (exact) mass is 356 g/mol. The zero-order valence-corrected chi connectivity index (χ0v) is 14.6. The second-order valence-corrected chi connectivity index (χ2v) is 6.03. The number of carbonyl (C=O) groups excluding carboxylic acids is 1. The highest BCUT2D eigenvalue weighted by molar-refractivity contribution is 5.73. The lowest BCUT2D eigenvalue weighted by Gasteiger charge is -2.26. The van der Waals surface area contributed by atoms with Crippen LogP contribution in [0.15, 0.2) is 54.6 Å². The molecule has 1 aliphatic heterocycles. The van der Waals surface area contributed by atoms with Gasteiger partial charge in [-0.15, -0.1) is 0 Å². The maximum atomic E-state index is 11.8. The van der Waals surface area contributed by atoms with Gasteiger partial charge in [0, 0.05) is 13.2 Å². The molecule has 6 heteroatoms. The first kappa shape index (κ1) is 18.1. The maximum absolute atomic E-state index is 11.8. The highest BCUT2D eigenvalue weighted by Gasteiger charge is 2.20. The molecular formula is C20H24N2O4. The molecular weight excluding hydrogens is 332 g/mol. The van der Waals surface area contributed by atoms with Crippen molar-refractivity contribution in [1.29, 1.82) is 0 Å². The van der Waals surface area contributed by atoms with E-state index in [0.29, 0.717) is 38.7 Å². The minimum atomic E-state index is -0.212. The summed E-state index contributed by atoms with van der Waals surface area (Å²) in [6.45, 7) is 2.57. The van der Waals surface area contributed by atoms with Crippen molar-refractivity contribution in [2.45, 2.75) is 19.1 Å². The van der Waals surface area contributed by atoms with Crippen LogP contribution in [-0.2, 0) is 11.3 Å². The molecule has 0 saturated heterocycles. The van der Waals surface area contributed by atoms with E-state index in [1.54, 1.807) is 0 Å². The lowest BCUT2D eigenvalue weighted by molar-refractivity contribution is 0.0917. The predicted molar refractivity (Wildman–Crippen MR) is 98.5 cm³/mol. The van der Waals surface area contributed by atoms with Gasteiger partial charge < -0.3 is 24.8 Å². The van der Waals surface area contributed by atoms with Gasteiger partial charge in [0.1, 0.15) is 6.61 Å². The van der Waals surface area contributed by atoms with Crippen molar-refractivity contribution in [3.05, 3.63) is 60.2 Å². The topological polar surface area (TPSA) is 68.8 Å². The van der Waals surface area contributed by atoms with Gasteiger partial charge in [0.25, 0.3) is 0 Å². The van der Waals surface area contributed by atoms with Crippen molar-refractivity contribution in [3.8, 4) is 11.5 Å². The summed E-state index contributed by atoms with van der Waals surface area (Å²) >= 11 is 0. The van der Waals surface area contributed by atoms with Crippen LogP contribution in [0, 0.1) is 0 Å². The Labute approximate surface area is 153 Å². The number of ether oxygens (including phenoxy) is 3. The van der Waals surface area contributed by atoms with Gasteiger partial charge in [-0.1, -0.05) is 42.5 Å². The summed E-state index contributed by atoms with van der Waals surface area (Å²) in [4.78, 5) is 11.8. The number of nitrogens with one attached hydrogen (secondary N) is 2. The van der Waals surface area contributed by atoms with E-state index < -0.39 is 0 Å². The molecule has 0 unspecified atom stereocenters. The van der Waals surface area contributed by atoms with Gasteiger partial charge in [-0.2, -0.15) is 0 Å². The van der Waals surface area contributed by atoms with E-state index in [1.165, 1.54) is 0 Å². The first-order valence-corrected chi connectivity index (χ1v) is 8.83. The third-order valence-corrected chi connectivity index (χ3v) is 3.92. The molecule has 1 atom stereocenters. The average Bonchev–Trinajstić information content (AvgIpc) is 2.69. The van der Waals surface area contributed by atoms with Crippen LogP contribution in [0.1, 0.15) is 12.0 Å². The predicted octanol–water partition coefficient (Wildman–Crippen LogP) is 2.73. The van der Waals surface area contributed by atoms with Gasteiger partial charge >= 0.3 is 6.03 Å². The molecule has 2 aromatic carbocycles. The van der Waals surface area contributed by atoms with Crippen LogP contribution >= 0.6 is 0 Å². The summed E-state index contributed by atoms with van der Waals surface area (Å²) in [5.41, 5.74) is 1.15. The molecule has 0 aromatic heterocycles. The van der Waals surface area contributed by atoms with E-state index >= 15 is 0 Å². The number of para-hydroxylation sites is 2. The Bertz CT molecular complexity index is 693. The molecule has 1 aliphatic rings. The molecule has 2 amide bonds. The summed E-state index contributed by atoms with van der Waals surface area (Å²) in [7, 11) is 0. The Morgan fingerprint density at radius 2 is 1.81 bits per heavy atom. The lowest BCUT2D eigenvalue weighted by atomic mass is 10.2. The number of rotatable bonds is 8. The maximum Gasteiger partial charge on any atom is 0.314 e. The molecule has 0 saturated carbocycles. The second kappa shape index (κ2) is 9.68. The van der Waals surface area contributed by atoms with Crippen molar-refractivity contribution in [3.63, 3.8) is 0 Å². The Morgan fingerprint density at radius 3 is 2.65 bits per heavy atom. The molecule has 0 fully saturated rings. The van der Waals surface area contributed by atoms with Gasteiger partial charge in [0.05, 0.1) is 13.2 Å². The molecule has 1 heterocycles. The average molecular weight is 356 g/mol. The smallest absolute Gasteiger partial charge is 0.314 e. The van der Waals surface area contributed by atoms with Crippen LogP contribution in [0.5, 0.6) is 11.5 Å². The third-order valence-electron chi connectivity index (χ3n) is 3.92. The first-order chi connectivity index (χ1) is 12.8. The molecule has 26 heavy (non-hydrogen) atoms. The first-order valence-electron chi connectivity index (χ1n) is 8.83. The van der Waals surface area contributed by atoms with Gasteiger partial charge in [0.2, 0.25) is 0 Å². The normalized spacial score (nSPS) is 15.3. The molecule has 138 valence electrons.